The van der Waals surface area contributed by atoms with Crippen molar-refractivity contribution in [3.8, 4) is 5.75 Å². The van der Waals surface area contributed by atoms with Gasteiger partial charge in [0.05, 0.1) is 6.61 Å². The predicted octanol–water partition coefficient (Wildman–Crippen LogP) is 3.75. The summed E-state index contributed by atoms with van der Waals surface area (Å²) in [4.78, 5) is 0. The van der Waals surface area contributed by atoms with Gasteiger partial charge in [-0.25, -0.2) is 0 Å². The Labute approximate surface area is 111 Å². The molecular weight excluding hydrogens is 222 g/mol. The van der Waals surface area contributed by atoms with Crippen LogP contribution in [0.3, 0.4) is 0 Å². The van der Waals surface area contributed by atoms with E-state index in [4.69, 9.17) is 4.74 Å². The molecular formula is C16H25NO. The average Bonchev–Trinajstić information content (AvgIpc) is 2.25. The van der Waals surface area contributed by atoms with Gasteiger partial charge in [-0.2, -0.15) is 0 Å². The molecule has 0 unspecified atom stereocenters. The van der Waals surface area contributed by atoms with Crippen LogP contribution in [0.4, 0.5) is 0 Å². The first-order chi connectivity index (χ1) is 8.53. The van der Waals surface area contributed by atoms with Crippen LogP contribution in [0, 0.1) is 5.92 Å². The molecule has 0 aliphatic heterocycles. The van der Waals surface area contributed by atoms with Gasteiger partial charge in [0.1, 0.15) is 5.75 Å². The maximum atomic E-state index is 5.79. The number of rotatable bonds is 5. The summed E-state index contributed by atoms with van der Waals surface area (Å²) in [7, 11) is 0. The summed E-state index contributed by atoms with van der Waals surface area (Å²) in [5, 5.41) is 3.49. The minimum Gasteiger partial charge on any atom is -0.493 e. The zero-order valence-electron chi connectivity index (χ0n) is 11.8. The van der Waals surface area contributed by atoms with E-state index in [1.807, 2.05) is 0 Å². The third-order valence-corrected chi connectivity index (χ3v) is 3.46. The molecule has 0 heterocycles. The minimum absolute atomic E-state index is 0.166. The minimum atomic E-state index is 0.166. The van der Waals surface area contributed by atoms with Crippen LogP contribution in [0.25, 0.3) is 0 Å². The van der Waals surface area contributed by atoms with E-state index in [9.17, 15) is 0 Å². The van der Waals surface area contributed by atoms with Crippen LogP contribution in [0.2, 0.25) is 0 Å². The van der Waals surface area contributed by atoms with Crippen LogP contribution >= 0.6 is 0 Å². The molecule has 1 fully saturated rings. The Morgan fingerprint density at radius 1 is 1.17 bits per heavy atom. The predicted molar refractivity (Wildman–Crippen MR) is 75.9 cm³/mol. The summed E-state index contributed by atoms with van der Waals surface area (Å²) in [5.74, 6) is 1.80. The monoisotopic (exact) mass is 247 g/mol. The van der Waals surface area contributed by atoms with E-state index >= 15 is 0 Å². The molecule has 0 radical (unpaired) electrons. The Bertz CT molecular complexity index is 360. The molecule has 1 N–H and O–H groups in total. The standard InChI is InChI=1S/C16H25NO/c1-16(2,3)17-11-13-7-9-15(10-8-13)18-12-14-5-4-6-14/h7-10,14,17H,4-6,11-12H2,1-3H3. The van der Waals surface area contributed by atoms with Gasteiger partial charge in [0.15, 0.2) is 0 Å². The molecule has 0 spiro atoms. The van der Waals surface area contributed by atoms with E-state index in [1.54, 1.807) is 0 Å². The second-order valence-corrected chi connectivity index (χ2v) is 6.36. The van der Waals surface area contributed by atoms with E-state index in [0.29, 0.717) is 0 Å². The van der Waals surface area contributed by atoms with Crippen molar-refractivity contribution in [2.45, 2.75) is 52.1 Å². The fourth-order valence-corrected chi connectivity index (χ4v) is 1.94. The molecule has 0 aromatic heterocycles. The van der Waals surface area contributed by atoms with Crippen molar-refractivity contribution >= 4 is 0 Å². The fraction of sp³-hybridized carbons (Fsp3) is 0.625. The van der Waals surface area contributed by atoms with Gasteiger partial charge in [-0.15, -0.1) is 0 Å². The van der Waals surface area contributed by atoms with Crippen LogP contribution in [0.1, 0.15) is 45.6 Å². The largest absolute Gasteiger partial charge is 0.493 e. The van der Waals surface area contributed by atoms with E-state index in [2.05, 4.69) is 50.4 Å². The molecule has 18 heavy (non-hydrogen) atoms. The quantitative estimate of drug-likeness (QED) is 0.855. The third kappa shape index (κ3) is 4.34. The molecule has 1 aromatic carbocycles. The summed E-state index contributed by atoms with van der Waals surface area (Å²) in [6, 6.07) is 8.46. The topological polar surface area (TPSA) is 21.3 Å². The summed E-state index contributed by atoms with van der Waals surface area (Å²) in [5.41, 5.74) is 1.47. The van der Waals surface area contributed by atoms with Crippen molar-refractivity contribution < 1.29 is 4.74 Å². The maximum absolute atomic E-state index is 5.79. The van der Waals surface area contributed by atoms with Crippen molar-refractivity contribution in [1.82, 2.24) is 5.32 Å². The summed E-state index contributed by atoms with van der Waals surface area (Å²) in [6.45, 7) is 8.35. The van der Waals surface area contributed by atoms with Crippen LogP contribution in [0.5, 0.6) is 5.75 Å². The van der Waals surface area contributed by atoms with Crippen molar-refractivity contribution in [2.24, 2.45) is 5.92 Å². The van der Waals surface area contributed by atoms with Crippen molar-refractivity contribution in [3.63, 3.8) is 0 Å². The Hall–Kier alpha value is -1.02. The second kappa shape index (κ2) is 5.75. The second-order valence-electron chi connectivity index (χ2n) is 6.36. The van der Waals surface area contributed by atoms with Crippen LogP contribution in [-0.2, 0) is 6.54 Å². The van der Waals surface area contributed by atoms with Crippen molar-refractivity contribution in [1.29, 1.82) is 0 Å². The third-order valence-electron chi connectivity index (χ3n) is 3.46. The van der Waals surface area contributed by atoms with Crippen LogP contribution in [0.15, 0.2) is 24.3 Å². The van der Waals surface area contributed by atoms with Gasteiger partial charge in [-0.1, -0.05) is 18.6 Å². The van der Waals surface area contributed by atoms with Gasteiger partial charge in [0.2, 0.25) is 0 Å². The lowest BCUT2D eigenvalue weighted by atomic mass is 9.86. The molecule has 0 saturated heterocycles. The number of hydrogen-bond acceptors (Lipinski definition) is 2. The van der Waals surface area contributed by atoms with Crippen molar-refractivity contribution in [3.05, 3.63) is 29.8 Å². The van der Waals surface area contributed by atoms with Gasteiger partial charge >= 0.3 is 0 Å². The van der Waals surface area contributed by atoms with E-state index in [0.717, 1.165) is 24.8 Å². The number of nitrogens with one attached hydrogen (secondary N) is 1. The highest BCUT2D eigenvalue weighted by Crippen LogP contribution is 2.27. The fourth-order valence-electron chi connectivity index (χ4n) is 1.94. The highest BCUT2D eigenvalue weighted by molar-refractivity contribution is 5.27. The molecule has 2 heteroatoms. The summed E-state index contributed by atoms with van der Waals surface area (Å²) in [6.07, 6.45) is 4.06. The van der Waals surface area contributed by atoms with Crippen molar-refractivity contribution in [2.75, 3.05) is 6.61 Å². The Balaban J connectivity index is 1.77. The molecule has 0 bridgehead atoms. The lowest BCUT2D eigenvalue weighted by Gasteiger charge is -2.25. The van der Waals surface area contributed by atoms with Crippen LogP contribution in [-0.4, -0.2) is 12.1 Å². The molecule has 1 saturated carbocycles. The Kier molecular flexibility index (Phi) is 4.28. The zero-order valence-corrected chi connectivity index (χ0v) is 11.8. The molecule has 1 aliphatic carbocycles. The first-order valence-electron chi connectivity index (χ1n) is 7.00. The maximum Gasteiger partial charge on any atom is 0.119 e. The number of benzene rings is 1. The SMILES string of the molecule is CC(C)(C)NCc1ccc(OCC2CCC2)cc1. The molecule has 1 aromatic rings. The van der Waals surface area contributed by atoms with Gasteiger partial charge in [-0.05, 0) is 57.2 Å². The van der Waals surface area contributed by atoms with E-state index < -0.39 is 0 Å². The highest BCUT2D eigenvalue weighted by Gasteiger charge is 2.17. The summed E-state index contributed by atoms with van der Waals surface area (Å²) < 4.78 is 5.79. The number of ether oxygens (including phenoxy) is 1. The molecule has 100 valence electrons. The van der Waals surface area contributed by atoms with Gasteiger partial charge in [0.25, 0.3) is 0 Å². The van der Waals surface area contributed by atoms with Gasteiger partial charge in [0, 0.05) is 12.1 Å². The lowest BCUT2D eigenvalue weighted by Crippen LogP contribution is -2.35. The lowest BCUT2D eigenvalue weighted by molar-refractivity contribution is 0.180. The first-order valence-corrected chi connectivity index (χ1v) is 7.00. The average molecular weight is 247 g/mol. The zero-order chi connectivity index (χ0) is 13.0. The molecule has 0 atom stereocenters. The molecule has 1 aliphatic rings. The smallest absolute Gasteiger partial charge is 0.119 e. The normalized spacial score (nSPS) is 16.4. The van der Waals surface area contributed by atoms with Crippen LogP contribution < -0.4 is 10.1 Å². The number of hydrogen-bond donors (Lipinski definition) is 1. The first kappa shape index (κ1) is 13.4. The molecule has 2 rings (SSSR count). The molecule has 0 amide bonds. The van der Waals surface area contributed by atoms with E-state index in [-0.39, 0.29) is 5.54 Å². The van der Waals surface area contributed by atoms with Gasteiger partial charge in [-0.3, -0.25) is 0 Å². The Morgan fingerprint density at radius 3 is 2.33 bits per heavy atom. The highest BCUT2D eigenvalue weighted by atomic mass is 16.5. The van der Waals surface area contributed by atoms with E-state index in [1.165, 1.54) is 24.8 Å². The van der Waals surface area contributed by atoms with Gasteiger partial charge < -0.3 is 10.1 Å². The Morgan fingerprint density at radius 2 is 1.83 bits per heavy atom. The molecule has 2 nitrogen and oxygen atoms in total. The summed E-state index contributed by atoms with van der Waals surface area (Å²) >= 11 is 0.